The maximum absolute atomic E-state index is 3.48. The Morgan fingerprint density at radius 1 is 0.353 bits per heavy atom. The lowest BCUT2D eigenvalue weighted by molar-refractivity contribution is 1.87. The Kier molecular flexibility index (Phi) is 35.7. The molecule has 206 valence electrons. The zero-order valence-electron chi connectivity index (χ0n) is 17.6. The van der Waals surface area contributed by atoms with Gasteiger partial charge in [0.25, 0.3) is 0 Å². The molecule has 0 spiro atoms. The van der Waals surface area contributed by atoms with Gasteiger partial charge in [-0.1, -0.05) is 0 Å². The third kappa shape index (κ3) is 14.7. The minimum atomic E-state index is -0.191. The molecule has 0 heterocycles. The molecule has 0 saturated carbocycles. The Bertz CT molecular complexity index is 456. The summed E-state index contributed by atoms with van der Waals surface area (Å²) in [6.45, 7) is -1.67. The van der Waals surface area contributed by atoms with Crippen LogP contribution in [0.3, 0.4) is 0 Å². The standard InChI is InChI=1S/CH36P33/c2-20-33(19)24(34(31(15)16)32(17)18)1(21(25(3)4)26(5)6,22(27(7)8)28(9)10)23(29(11)12)30(13)14/h2-19H2/q-1. The molecule has 0 aliphatic carbocycles. The van der Waals surface area contributed by atoms with E-state index in [0.29, 0.717) is 4.38 Å². The van der Waals surface area contributed by atoms with Gasteiger partial charge in [-0.3, -0.25) is 8.93 Å². The first-order chi connectivity index (χ1) is 15.4. The second kappa shape index (κ2) is 25.2. The first-order valence-electron chi connectivity index (χ1n) is 7.74. The Balaban J connectivity index is 8.22. The van der Waals surface area contributed by atoms with Crippen molar-refractivity contribution in [2.45, 2.75) is 4.38 Å². The lowest BCUT2D eigenvalue weighted by Crippen LogP contribution is -2.11. The molecule has 0 aliphatic heterocycles. The van der Waals surface area contributed by atoms with Crippen LogP contribution in [-0.4, -0.2) is 4.38 Å². The zero-order chi connectivity index (χ0) is 27.3. The SMILES string of the molecule is P[P-]P(P)P(P(P(P)P)P(P)P)C(P(P(P)P)P(P)P)(P(P(P)P)P(P)P)P(P(P)P)P(P)P. The monoisotopic (exact) mass is 1070 g/mol. The molecule has 20 atom stereocenters. The van der Waals surface area contributed by atoms with Gasteiger partial charge in [-0.2, -0.15) is 0 Å². The van der Waals surface area contributed by atoms with Crippen LogP contribution in [0.2, 0.25) is 0 Å². The molecule has 34 heavy (non-hydrogen) atoms. The average Bonchev–Trinajstić information content (AvgIpc) is 2.62. The van der Waals surface area contributed by atoms with Crippen molar-refractivity contribution in [1.82, 2.24) is 0 Å². The molecular formula is CH36P33-. The van der Waals surface area contributed by atoms with E-state index in [9.17, 15) is 0 Å². The van der Waals surface area contributed by atoms with Crippen LogP contribution in [0, 0.1) is 0 Å². The van der Waals surface area contributed by atoms with Crippen LogP contribution < -0.4 is 0 Å². The Morgan fingerprint density at radius 2 is 0.588 bits per heavy atom. The molecule has 0 fully saturated rings. The van der Waals surface area contributed by atoms with Gasteiger partial charge in [0.1, 0.15) is 0 Å². The fourth-order valence-electron chi connectivity index (χ4n) is 2.47. The zero-order valence-corrected chi connectivity index (χ0v) is 51.8. The predicted molar refractivity (Wildman–Crippen MR) is 281 cm³/mol. The summed E-state index contributed by atoms with van der Waals surface area (Å²) in [6, 6.07) is 0. The van der Waals surface area contributed by atoms with Gasteiger partial charge in [0, 0.05) is 0 Å². The van der Waals surface area contributed by atoms with Gasteiger partial charge < -0.3 is 7.96 Å². The Morgan fingerprint density at radius 3 is 0.735 bits per heavy atom. The third-order valence-corrected chi connectivity index (χ3v) is 160. The molecule has 0 nitrogen and oxygen atoms in total. The number of rotatable bonds is 15. The van der Waals surface area contributed by atoms with E-state index in [0.717, 1.165) is 0 Å². The van der Waals surface area contributed by atoms with Crippen LogP contribution in [-0.2, 0) is 0 Å². The molecular weight excluding hydrogens is 1030 g/mol. The maximum Gasteiger partial charge on any atom is 0.0828 e. The predicted octanol–water partition coefficient (Wildman–Crippen LogP) is 18.6. The second-order valence-electron chi connectivity index (χ2n) is 5.50. The van der Waals surface area contributed by atoms with Crippen LogP contribution in [0.25, 0.3) is 0 Å². The van der Waals surface area contributed by atoms with E-state index < -0.39 is 0 Å². The van der Waals surface area contributed by atoms with Crippen LogP contribution in [0.15, 0.2) is 0 Å². The smallest absolute Gasteiger partial charge is 0.0828 e. The molecule has 0 rings (SSSR count). The maximum atomic E-state index is 3.48. The molecule has 33 heteroatoms. The molecule has 0 N–H and O–H groups in total. The van der Waals surface area contributed by atoms with Crippen molar-refractivity contribution in [2.24, 2.45) is 0 Å². The van der Waals surface area contributed by atoms with Gasteiger partial charge in [-0.05, 0) is 92.1 Å². The molecule has 0 amide bonds. The molecule has 0 aromatic rings. The van der Waals surface area contributed by atoms with Gasteiger partial charge in [0.15, 0.2) is 0 Å². The highest BCUT2D eigenvalue weighted by Gasteiger charge is 2.63. The van der Waals surface area contributed by atoms with Gasteiger partial charge in [-0.25, -0.2) is 6.99 Å². The van der Waals surface area contributed by atoms with E-state index in [1.54, 1.807) is 7.96 Å². The highest BCUT2D eigenvalue weighted by atomic mass is 33.2. The number of hydrogen-bond acceptors (Lipinski definition) is 0. The quantitative estimate of drug-likeness (QED) is 0.143. The summed E-state index contributed by atoms with van der Waals surface area (Å²) in [5.41, 5.74) is 0. The molecule has 0 aromatic carbocycles. The van der Waals surface area contributed by atoms with E-state index in [2.05, 4.69) is 161 Å². The lowest BCUT2D eigenvalue weighted by Gasteiger charge is -2.65. The Labute approximate surface area is 269 Å². The molecule has 0 aliphatic rings. The molecule has 0 radical (unpaired) electrons. The van der Waals surface area contributed by atoms with Crippen LogP contribution in [0.5, 0.6) is 0 Å². The van der Waals surface area contributed by atoms with Gasteiger partial charge in [0.2, 0.25) is 0 Å². The minimum absolute atomic E-state index is 0.0875. The van der Waals surface area contributed by atoms with Crippen LogP contribution >= 0.6 is 268 Å². The summed E-state index contributed by atoms with van der Waals surface area (Å²) in [5.74, 6) is 0. The van der Waals surface area contributed by atoms with Crippen molar-refractivity contribution in [3.05, 3.63) is 0 Å². The topological polar surface area (TPSA) is 0 Å². The highest BCUT2D eigenvalue weighted by molar-refractivity contribution is 9.22. The first-order valence-corrected chi connectivity index (χ1v) is 64.3. The summed E-state index contributed by atoms with van der Waals surface area (Å²) in [7, 11) is 61.1. The van der Waals surface area contributed by atoms with Gasteiger partial charge in [0.05, 0.1) is 4.38 Å². The largest absolute Gasteiger partial charge is 0.473 e. The van der Waals surface area contributed by atoms with E-state index >= 15 is 0 Å². The fraction of sp³-hybridized carbons (Fsp3) is 1.00. The van der Waals surface area contributed by atoms with E-state index in [1.165, 1.54) is 0 Å². The number of hydrogen-bond donors (Lipinski definition) is 0. The first kappa shape index (κ1) is 48.2. The summed E-state index contributed by atoms with van der Waals surface area (Å²) >= 11 is 0. The summed E-state index contributed by atoms with van der Waals surface area (Å²) < 4.78 is 0.485. The molecule has 0 bridgehead atoms. The minimum Gasteiger partial charge on any atom is -0.473 e. The third-order valence-electron chi connectivity index (χ3n) is 3.28. The van der Waals surface area contributed by atoms with E-state index in [4.69, 9.17) is 0 Å². The van der Waals surface area contributed by atoms with Crippen molar-refractivity contribution in [1.29, 1.82) is 0 Å². The molecule has 20 unspecified atom stereocenters. The van der Waals surface area contributed by atoms with Crippen molar-refractivity contribution < 1.29 is 0 Å². The van der Waals surface area contributed by atoms with Gasteiger partial charge >= 0.3 is 0 Å². The molecule has 0 saturated heterocycles. The average molecular weight is 1070 g/mol. The van der Waals surface area contributed by atoms with Crippen LogP contribution in [0.4, 0.5) is 0 Å². The molecule has 0 aromatic heterocycles. The van der Waals surface area contributed by atoms with Gasteiger partial charge in [-0.15, -0.1) is 152 Å². The van der Waals surface area contributed by atoms with E-state index in [1.807, 2.05) is 0 Å². The summed E-state index contributed by atoms with van der Waals surface area (Å²) in [5, 5.41) is 0. The van der Waals surface area contributed by atoms with Crippen LogP contribution in [0.1, 0.15) is 0 Å². The fourth-order valence-corrected chi connectivity index (χ4v) is 309. The highest BCUT2D eigenvalue weighted by Crippen LogP contribution is 3.32. The van der Waals surface area contributed by atoms with E-state index in [-0.39, 0.29) is 99.1 Å². The Hall–Kier alpha value is 14.2. The van der Waals surface area contributed by atoms with Crippen molar-refractivity contribution in [3.8, 4) is 0 Å². The van der Waals surface area contributed by atoms with Crippen molar-refractivity contribution >= 4 is 268 Å². The summed E-state index contributed by atoms with van der Waals surface area (Å²) in [4.78, 5) is 0. The normalized spacial score (nSPS) is 16.4. The van der Waals surface area contributed by atoms with Crippen molar-refractivity contribution in [2.75, 3.05) is 0 Å². The second-order valence-corrected chi connectivity index (χ2v) is 123. The van der Waals surface area contributed by atoms with Crippen molar-refractivity contribution in [3.63, 3.8) is 0 Å². The lowest BCUT2D eigenvalue weighted by atomic mass is 11.8. The summed E-state index contributed by atoms with van der Waals surface area (Å²) in [6.07, 6.45) is 0.